The SMILES string of the molecule is C=C(C)CSCCN. The highest BCUT2D eigenvalue weighted by atomic mass is 32.2. The van der Waals surface area contributed by atoms with Gasteiger partial charge in [-0.05, 0) is 6.92 Å². The summed E-state index contributed by atoms with van der Waals surface area (Å²) in [6, 6.07) is 0. The van der Waals surface area contributed by atoms with Crippen molar-refractivity contribution in [1.29, 1.82) is 0 Å². The molecule has 0 amide bonds. The van der Waals surface area contributed by atoms with Gasteiger partial charge in [0.05, 0.1) is 0 Å². The van der Waals surface area contributed by atoms with E-state index in [0.29, 0.717) is 0 Å². The average molecular weight is 131 g/mol. The third-order valence-corrected chi connectivity index (χ3v) is 1.83. The topological polar surface area (TPSA) is 26.0 Å². The van der Waals surface area contributed by atoms with Gasteiger partial charge in [0.25, 0.3) is 0 Å². The molecule has 0 aromatic rings. The molecule has 0 aliphatic heterocycles. The van der Waals surface area contributed by atoms with Crippen LogP contribution in [0.4, 0.5) is 0 Å². The molecule has 0 heterocycles. The molecule has 0 rings (SSSR count). The normalized spacial score (nSPS) is 9.25. The van der Waals surface area contributed by atoms with E-state index in [-0.39, 0.29) is 0 Å². The van der Waals surface area contributed by atoms with Gasteiger partial charge in [0.15, 0.2) is 0 Å². The van der Waals surface area contributed by atoms with Crippen LogP contribution in [0.25, 0.3) is 0 Å². The zero-order chi connectivity index (χ0) is 6.41. The number of hydrogen-bond donors (Lipinski definition) is 1. The quantitative estimate of drug-likeness (QED) is 0.459. The first-order valence-electron chi connectivity index (χ1n) is 2.69. The highest BCUT2D eigenvalue weighted by Crippen LogP contribution is 2.02. The first kappa shape index (κ1) is 8.05. The molecule has 0 aliphatic rings. The molecule has 2 N–H and O–H groups in total. The first-order chi connectivity index (χ1) is 3.77. The van der Waals surface area contributed by atoms with Crippen LogP contribution < -0.4 is 5.73 Å². The standard InChI is InChI=1S/C6H13NS/c1-6(2)5-8-4-3-7/h1,3-5,7H2,2H3. The molecule has 0 fully saturated rings. The number of rotatable bonds is 4. The Morgan fingerprint density at radius 1 is 1.75 bits per heavy atom. The van der Waals surface area contributed by atoms with Gasteiger partial charge in [-0.1, -0.05) is 12.2 Å². The Morgan fingerprint density at radius 2 is 2.38 bits per heavy atom. The van der Waals surface area contributed by atoms with Gasteiger partial charge < -0.3 is 5.73 Å². The van der Waals surface area contributed by atoms with Gasteiger partial charge in [-0.3, -0.25) is 0 Å². The van der Waals surface area contributed by atoms with E-state index in [1.54, 1.807) is 0 Å². The summed E-state index contributed by atoms with van der Waals surface area (Å²) < 4.78 is 0. The lowest BCUT2D eigenvalue weighted by molar-refractivity contribution is 1.15. The Labute approximate surface area is 55.3 Å². The van der Waals surface area contributed by atoms with E-state index in [9.17, 15) is 0 Å². The molecule has 1 nitrogen and oxygen atoms in total. The van der Waals surface area contributed by atoms with Gasteiger partial charge in [0.2, 0.25) is 0 Å². The van der Waals surface area contributed by atoms with Crippen molar-refractivity contribution in [3.05, 3.63) is 12.2 Å². The highest BCUT2D eigenvalue weighted by Gasteiger charge is 1.84. The van der Waals surface area contributed by atoms with Gasteiger partial charge in [-0.25, -0.2) is 0 Å². The summed E-state index contributed by atoms with van der Waals surface area (Å²) >= 11 is 1.84. The van der Waals surface area contributed by atoms with E-state index < -0.39 is 0 Å². The fourth-order valence-corrected chi connectivity index (χ4v) is 0.989. The molecule has 0 aromatic heterocycles. The van der Waals surface area contributed by atoms with Crippen LogP contribution in [-0.2, 0) is 0 Å². The number of nitrogens with two attached hydrogens (primary N) is 1. The van der Waals surface area contributed by atoms with Gasteiger partial charge in [0, 0.05) is 18.1 Å². The summed E-state index contributed by atoms with van der Waals surface area (Å²) in [5.74, 6) is 2.10. The summed E-state index contributed by atoms with van der Waals surface area (Å²) in [7, 11) is 0. The van der Waals surface area contributed by atoms with E-state index >= 15 is 0 Å². The van der Waals surface area contributed by atoms with Gasteiger partial charge >= 0.3 is 0 Å². The highest BCUT2D eigenvalue weighted by molar-refractivity contribution is 7.99. The molecule has 2 heteroatoms. The van der Waals surface area contributed by atoms with E-state index in [4.69, 9.17) is 5.73 Å². The zero-order valence-corrected chi connectivity index (χ0v) is 6.13. The Hall–Kier alpha value is 0.0500. The van der Waals surface area contributed by atoms with Crippen molar-refractivity contribution in [3.63, 3.8) is 0 Å². The van der Waals surface area contributed by atoms with Crippen molar-refractivity contribution < 1.29 is 0 Å². The van der Waals surface area contributed by atoms with E-state index in [1.807, 2.05) is 18.7 Å². The third kappa shape index (κ3) is 6.05. The maximum absolute atomic E-state index is 5.26. The Morgan fingerprint density at radius 3 is 2.75 bits per heavy atom. The molecule has 0 radical (unpaired) electrons. The largest absolute Gasteiger partial charge is 0.330 e. The predicted octanol–water partition coefficient (Wildman–Crippen LogP) is 1.25. The van der Waals surface area contributed by atoms with Gasteiger partial charge in [0.1, 0.15) is 0 Å². The van der Waals surface area contributed by atoms with Crippen LogP contribution in [-0.4, -0.2) is 18.1 Å². The molecule has 0 saturated heterocycles. The Kier molecular flexibility index (Phi) is 5.22. The summed E-state index contributed by atoms with van der Waals surface area (Å²) in [5.41, 5.74) is 6.49. The van der Waals surface area contributed by atoms with Crippen LogP contribution in [0.3, 0.4) is 0 Å². The summed E-state index contributed by atoms with van der Waals surface area (Å²) in [4.78, 5) is 0. The van der Waals surface area contributed by atoms with E-state index in [0.717, 1.165) is 18.1 Å². The van der Waals surface area contributed by atoms with Crippen molar-refractivity contribution in [2.75, 3.05) is 18.1 Å². The fraction of sp³-hybridized carbons (Fsp3) is 0.667. The van der Waals surface area contributed by atoms with Crippen molar-refractivity contribution >= 4 is 11.8 Å². The Bertz CT molecular complexity index is 70.9. The first-order valence-corrected chi connectivity index (χ1v) is 3.85. The molecule has 0 saturated carbocycles. The molecule has 0 aliphatic carbocycles. The summed E-state index contributed by atoms with van der Waals surface area (Å²) in [6.45, 7) is 6.57. The monoisotopic (exact) mass is 131 g/mol. The average Bonchev–Trinajstić information content (AvgIpc) is 1.66. The molecule has 0 atom stereocenters. The van der Waals surface area contributed by atoms with E-state index in [2.05, 4.69) is 6.58 Å². The third-order valence-electron chi connectivity index (χ3n) is 0.611. The molecular formula is C6H13NS. The van der Waals surface area contributed by atoms with Crippen molar-refractivity contribution in [2.45, 2.75) is 6.92 Å². The van der Waals surface area contributed by atoms with Gasteiger partial charge in [-0.15, -0.1) is 0 Å². The van der Waals surface area contributed by atoms with Crippen LogP contribution in [0, 0.1) is 0 Å². The van der Waals surface area contributed by atoms with Crippen LogP contribution >= 0.6 is 11.8 Å². The van der Waals surface area contributed by atoms with Crippen molar-refractivity contribution in [1.82, 2.24) is 0 Å². The molecule has 48 valence electrons. The van der Waals surface area contributed by atoms with Crippen LogP contribution in [0.5, 0.6) is 0 Å². The molecule has 0 aromatic carbocycles. The minimum Gasteiger partial charge on any atom is -0.330 e. The lowest BCUT2D eigenvalue weighted by Gasteiger charge is -1.95. The molecule has 0 spiro atoms. The molecule has 0 bridgehead atoms. The minimum absolute atomic E-state index is 0.776. The second-order valence-corrected chi connectivity index (χ2v) is 2.90. The van der Waals surface area contributed by atoms with Crippen molar-refractivity contribution in [3.8, 4) is 0 Å². The second kappa shape index (κ2) is 5.19. The molecular weight excluding hydrogens is 118 g/mol. The number of thioether (sulfide) groups is 1. The van der Waals surface area contributed by atoms with Crippen LogP contribution in [0.15, 0.2) is 12.2 Å². The predicted molar refractivity (Wildman–Crippen MR) is 41.2 cm³/mol. The zero-order valence-electron chi connectivity index (χ0n) is 5.31. The fourth-order valence-electron chi connectivity index (χ4n) is 0.330. The lowest BCUT2D eigenvalue weighted by Crippen LogP contribution is -2.01. The number of hydrogen-bond acceptors (Lipinski definition) is 2. The van der Waals surface area contributed by atoms with E-state index in [1.165, 1.54) is 5.57 Å². The van der Waals surface area contributed by atoms with Crippen molar-refractivity contribution in [2.24, 2.45) is 5.73 Å². The second-order valence-electron chi connectivity index (χ2n) is 1.80. The molecule has 8 heavy (non-hydrogen) atoms. The van der Waals surface area contributed by atoms with Gasteiger partial charge in [-0.2, -0.15) is 11.8 Å². The summed E-state index contributed by atoms with van der Waals surface area (Å²) in [6.07, 6.45) is 0. The molecule has 0 unspecified atom stereocenters. The smallest absolute Gasteiger partial charge is 0.0138 e. The minimum atomic E-state index is 0.776. The summed E-state index contributed by atoms with van der Waals surface area (Å²) in [5, 5.41) is 0. The maximum atomic E-state index is 5.26. The van der Waals surface area contributed by atoms with Crippen LogP contribution in [0.1, 0.15) is 6.92 Å². The lowest BCUT2D eigenvalue weighted by atomic mass is 10.4. The van der Waals surface area contributed by atoms with Crippen LogP contribution in [0.2, 0.25) is 0 Å². The maximum Gasteiger partial charge on any atom is 0.0138 e. The Balaban J connectivity index is 2.82.